The molecule has 0 bridgehead atoms. The maximum atomic E-state index is 11.9. The molecule has 0 aliphatic rings. The minimum absolute atomic E-state index is 0.0104. The summed E-state index contributed by atoms with van der Waals surface area (Å²) in [5.74, 6) is -1.27. The Hall–Kier alpha value is -1.06. The molecular formula is C16H29O4-. The van der Waals surface area contributed by atoms with E-state index in [2.05, 4.69) is 20.8 Å². The summed E-state index contributed by atoms with van der Waals surface area (Å²) >= 11 is 0. The van der Waals surface area contributed by atoms with E-state index in [-0.39, 0.29) is 18.0 Å². The van der Waals surface area contributed by atoms with Crippen molar-refractivity contribution in [2.75, 3.05) is 0 Å². The third kappa shape index (κ3) is 8.18. The normalized spacial score (nSPS) is 11.3. The third-order valence-electron chi connectivity index (χ3n) is 3.87. The van der Waals surface area contributed by atoms with Crippen molar-refractivity contribution < 1.29 is 19.4 Å². The summed E-state index contributed by atoms with van der Waals surface area (Å²) in [6.45, 7) is 6.26. The smallest absolute Gasteiger partial charge is 0.306 e. The number of esters is 1. The Kier molecular flexibility index (Phi) is 10.1. The van der Waals surface area contributed by atoms with E-state index in [0.717, 1.165) is 38.5 Å². The van der Waals surface area contributed by atoms with Crippen LogP contribution in [0.4, 0.5) is 0 Å². The van der Waals surface area contributed by atoms with Crippen molar-refractivity contribution in [2.24, 2.45) is 0 Å². The Morgan fingerprint density at radius 2 is 1.55 bits per heavy atom. The molecule has 0 heterocycles. The Balaban J connectivity index is 4.15. The summed E-state index contributed by atoms with van der Waals surface area (Å²) in [6, 6.07) is 0. The van der Waals surface area contributed by atoms with Crippen molar-refractivity contribution in [2.45, 2.75) is 90.6 Å². The van der Waals surface area contributed by atoms with Crippen LogP contribution in [0, 0.1) is 0 Å². The van der Waals surface area contributed by atoms with Gasteiger partial charge in [-0.15, -0.1) is 0 Å². The first-order valence-corrected chi connectivity index (χ1v) is 7.91. The average Bonchev–Trinajstić information content (AvgIpc) is 2.42. The molecular weight excluding hydrogens is 256 g/mol. The molecule has 0 amide bonds. The lowest BCUT2D eigenvalue weighted by atomic mass is 9.90. The van der Waals surface area contributed by atoms with E-state index in [1.807, 2.05) is 0 Å². The highest BCUT2D eigenvalue weighted by Crippen LogP contribution is 2.28. The van der Waals surface area contributed by atoms with Crippen molar-refractivity contribution in [3.63, 3.8) is 0 Å². The van der Waals surface area contributed by atoms with Gasteiger partial charge in [-0.1, -0.05) is 33.6 Å². The van der Waals surface area contributed by atoms with Gasteiger partial charge in [0.15, 0.2) is 0 Å². The standard InChI is InChI=1S/C16H30O4/c1-4-7-10-13-16(5-2,6-3)20-15(19)12-9-8-11-14(17)18/h4-13H2,1-3H3,(H,17,18)/p-1. The number of hydrogen-bond donors (Lipinski definition) is 0. The molecule has 0 saturated carbocycles. The summed E-state index contributed by atoms with van der Waals surface area (Å²) in [4.78, 5) is 22.2. The molecule has 0 aromatic heterocycles. The maximum absolute atomic E-state index is 11.9. The summed E-state index contributed by atoms with van der Waals surface area (Å²) < 4.78 is 5.69. The van der Waals surface area contributed by atoms with Gasteiger partial charge in [-0.05, 0) is 44.9 Å². The zero-order chi connectivity index (χ0) is 15.4. The highest BCUT2D eigenvalue weighted by molar-refractivity contribution is 5.70. The number of unbranched alkanes of at least 4 members (excludes halogenated alkanes) is 3. The second-order valence-corrected chi connectivity index (χ2v) is 5.40. The van der Waals surface area contributed by atoms with E-state index in [9.17, 15) is 14.7 Å². The number of carbonyl (C=O) groups excluding carboxylic acids is 2. The number of hydrogen-bond acceptors (Lipinski definition) is 4. The van der Waals surface area contributed by atoms with Gasteiger partial charge in [0.05, 0.1) is 0 Å². The molecule has 0 aromatic carbocycles. The molecule has 0 unspecified atom stereocenters. The van der Waals surface area contributed by atoms with Crippen LogP contribution in [-0.2, 0) is 14.3 Å². The van der Waals surface area contributed by atoms with Gasteiger partial charge in [0.1, 0.15) is 5.60 Å². The molecule has 0 radical (unpaired) electrons. The topological polar surface area (TPSA) is 66.4 Å². The van der Waals surface area contributed by atoms with Crippen LogP contribution < -0.4 is 5.11 Å². The number of rotatable bonds is 12. The molecule has 0 N–H and O–H groups in total. The molecule has 0 rings (SSSR count). The number of carboxylic acids is 1. The van der Waals surface area contributed by atoms with Crippen LogP contribution in [0.25, 0.3) is 0 Å². The van der Waals surface area contributed by atoms with Crippen molar-refractivity contribution in [3.05, 3.63) is 0 Å². The van der Waals surface area contributed by atoms with Crippen molar-refractivity contribution in [1.29, 1.82) is 0 Å². The number of ether oxygens (including phenoxy) is 1. The van der Waals surface area contributed by atoms with Crippen LogP contribution in [-0.4, -0.2) is 17.5 Å². The van der Waals surface area contributed by atoms with Crippen molar-refractivity contribution in [3.8, 4) is 0 Å². The summed E-state index contributed by atoms with van der Waals surface area (Å²) in [5, 5.41) is 10.3. The number of carboxylic acid groups (broad SMARTS) is 1. The average molecular weight is 285 g/mol. The molecule has 20 heavy (non-hydrogen) atoms. The highest BCUT2D eigenvalue weighted by Gasteiger charge is 2.29. The van der Waals surface area contributed by atoms with Gasteiger partial charge in [0.2, 0.25) is 0 Å². The fourth-order valence-electron chi connectivity index (χ4n) is 2.33. The summed E-state index contributed by atoms with van der Waals surface area (Å²) in [5.41, 5.74) is -0.333. The van der Waals surface area contributed by atoms with Crippen molar-refractivity contribution >= 4 is 11.9 Å². The third-order valence-corrected chi connectivity index (χ3v) is 3.87. The second kappa shape index (κ2) is 10.7. The number of aliphatic carboxylic acids is 1. The van der Waals surface area contributed by atoms with Gasteiger partial charge in [0, 0.05) is 12.4 Å². The Bertz CT molecular complexity index is 282. The molecule has 0 atom stereocenters. The molecule has 0 aromatic rings. The Morgan fingerprint density at radius 3 is 2.05 bits per heavy atom. The molecule has 0 aliphatic heterocycles. The minimum atomic E-state index is -1.06. The van der Waals surface area contributed by atoms with Gasteiger partial charge in [-0.3, -0.25) is 4.79 Å². The molecule has 118 valence electrons. The summed E-state index contributed by atoms with van der Waals surface area (Å²) in [6.07, 6.45) is 7.29. The molecule has 4 nitrogen and oxygen atoms in total. The monoisotopic (exact) mass is 285 g/mol. The maximum Gasteiger partial charge on any atom is 0.306 e. The predicted octanol–water partition coefficient (Wildman–Crippen LogP) is 2.98. The van der Waals surface area contributed by atoms with E-state index in [4.69, 9.17) is 4.74 Å². The van der Waals surface area contributed by atoms with Crippen LogP contribution in [0.5, 0.6) is 0 Å². The first-order valence-electron chi connectivity index (χ1n) is 7.91. The molecule has 0 spiro atoms. The lowest BCUT2D eigenvalue weighted by Crippen LogP contribution is -2.34. The Morgan fingerprint density at radius 1 is 0.950 bits per heavy atom. The molecule has 0 aliphatic carbocycles. The van der Waals surface area contributed by atoms with Crippen LogP contribution in [0.3, 0.4) is 0 Å². The molecule has 4 heteroatoms. The zero-order valence-corrected chi connectivity index (χ0v) is 13.2. The van der Waals surface area contributed by atoms with Crippen LogP contribution in [0.2, 0.25) is 0 Å². The first-order chi connectivity index (χ1) is 9.49. The lowest BCUT2D eigenvalue weighted by molar-refractivity contribution is -0.305. The highest BCUT2D eigenvalue weighted by atomic mass is 16.6. The quantitative estimate of drug-likeness (QED) is 0.408. The van der Waals surface area contributed by atoms with Gasteiger partial charge in [-0.25, -0.2) is 0 Å². The fourth-order valence-corrected chi connectivity index (χ4v) is 2.33. The van der Waals surface area contributed by atoms with Crippen molar-refractivity contribution in [1.82, 2.24) is 0 Å². The van der Waals surface area contributed by atoms with E-state index in [1.54, 1.807) is 0 Å². The zero-order valence-electron chi connectivity index (χ0n) is 13.2. The molecule has 0 saturated heterocycles. The predicted molar refractivity (Wildman–Crippen MR) is 77.0 cm³/mol. The van der Waals surface area contributed by atoms with Crippen LogP contribution >= 0.6 is 0 Å². The number of carbonyl (C=O) groups is 2. The van der Waals surface area contributed by atoms with Gasteiger partial charge >= 0.3 is 5.97 Å². The van der Waals surface area contributed by atoms with E-state index < -0.39 is 5.97 Å². The lowest BCUT2D eigenvalue weighted by Gasteiger charge is -2.31. The van der Waals surface area contributed by atoms with Crippen LogP contribution in [0.15, 0.2) is 0 Å². The fraction of sp³-hybridized carbons (Fsp3) is 0.875. The summed E-state index contributed by atoms with van der Waals surface area (Å²) in [7, 11) is 0. The largest absolute Gasteiger partial charge is 0.550 e. The van der Waals surface area contributed by atoms with Gasteiger partial charge in [-0.2, -0.15) is 0 Å². The second-order valence-electron chi connectivity index (χ2n) is 5.40. The van der Waals surface area contributed by atoms with Gasteiger partial charge < -0.3 is 14.6 Å². The van der Waals surface area contributed by atoms with Gasteiger partial charge in [0.25, 0.3) is 0 Å². The Labute approximate surface area is 122 Å². The van der Waals surface area contributed by atoms with E-state index >= 15 is 0 Å². The van der Waals surface area contributed by atoms with Crippen LogP contribution in [0.1, 0.15) is 85.0 Å². The SMILES string of the molecule is CCCCCC(CC)(CC)OC(=O)CCCCC(=O)[O-]. The van der Waals surface area contributed by atoms with E-state index in [0.29, 0.717) is 19.3 Å². The minimum Gasteiger partial charge on any atom is -0.550 e. The van der Waals surface area contributed by atoms with E-state index in [1.165, 1.54) is 0 Å². The molecule has 0 fully saturated rings. The first kappa shape index (κ1) is 18.9.